The van der Waals surface area contributed by atoms with Crippen LogP contribution in [0.1, 0.15) is 29.8 Å². The fourth-order valence-corrected chi connectivity index (χ4v) is 2.30. The summed E-state index contributed by atoms with van der Waals surface area (Å²) in [5.74, 6) is -1.05. The molecule has 0 saturated carbocycles. The highest BCUT2D eigenvalue weighted by Crippen LogP contribution is 2.17. The Hall–Kier alpha value is -3.94. The predicted molar refractivity (Wildman–Crippen MR) is 112 cm³/mol. The minimum absolute atomic E-state index is 0.00263. The quantitative estimate of drug-likeness (QED) is 0.225. The van der Waals surface area contributed by atoms with E-state index in [1.54, 1.807) is 68.5 Å². The van der Waals surface area contributed by atoms with Crippen molar-refractivity contribution >= 4 is 29.4 Å². The lowest BCUT2D eigenvalue weighted by Crippen LogP contribution is -2.21. The number of allylic oxidation sites excluding steroid dienone is 1. The molecule has 0 heterocycles. The first kappa shape index (κ1) is 22.4. The van der Waals surface area contributed by atoms with Crippen molar-refractivity contribution in [3.63, 3.8) is 0 Å². The molecule has 2 aromatic rings. The highest BCUT2D eigenvalue weighted by atomic mass is 16.5. The van der Waals surface area contributed by atoms with Gasteiger partial charge in [0.25, 0.3) is 0 Å². The van der Waals surface area contributed by atoms with Crippen LogP contribution in [0.4, 0.5) is 5.69 Å². The zero-order valence-corrected chi connectivity index (χ0v) is 16.8. The van der Waals surface area contributed by atoms with E-state index in [2.05, 4.69) is 4.99 Å². The molecule has 0 fully saturated rings. The smallest absolute Gasteiger partial charge is 0.343 e. The van der Waals surface area contributed by atoms with E-state index in [0.717, 1.165) is 0 Å². The average Bonchev–Trinajstić information content (AvgIpc) is 2.72. The molecule has 0 aromatic heterocycles. The second-order valence-corrected chi connectivity index (χ2v) is 6.35. The number of aliphatic imine (C=N–C) groups is 1. The van der Waals surface area contributed by atoms with E-state index in [0.29, 0.717) is 28.1 Å². The van der Waals surface area contributed by atoms with Gasteiger partial charge in [0.2, 0.25) is 0 Å². The molecule has 0 aliphatic carbocycles. The number of ketones is 1. The molecule has 0 amide bonds. The third-order valence-electron chi connectivity index (χ3n) is 4.08. The van der Waals surface area contributed by atoms with Gasteiger partial charge in [0, 0.05) is 0 Å². The van der Waals surface area contributed by atoms with Crippen LogP contribution in [0, 0.1) is 0 Å². The molecule has 8 nitrogen and oxygen atoms in total. The molecule has 2 aromatic carbocycles. The van der Waals surface area contributed by atoms with Crippen molar-refractivity contribution in [3.05, 3.63) is 71.3 Å². The van der Waals surface area contributed by atoms with Gasteiger partial charge in [-0.25, -0.2) is 9.79 Å². The SMILES string of the molecule is C/C=C(\C)C(=O)COC(=O)Cc1ccc(OC(=O)c2ccc(N=C(N)N)cc2)cc1. The number of hydrogen-bond donors (Lipinski definition) is 2. The summed E-state index contributed by atoms with van der Waals surface area (Å²) in [6.07, 6.45) is 1.66. The van der Waals surface area contributed by atoms with E-state index in [4.69, 9.17) is 20.9 Å². The van der Waals surface area contributed by atoms with Crippen molar-refractivity contribution in [3.8, 4) is 5.75 Å². The molecule has 2 rings (SSSR count). The Morgan fingerprint density at radius 3 is 2.20 bits per heavy atom. The van der Waals surface area contributed by atoms with E-state index >= 15 is 0 Å². The standard InChI is InChI=1S/C22H23N3O5/c1-3-14(2)19(26)13-29-20(27)12-15-4-10-18(11-5-15)30-21(28)16-6-8-17(9-7-16)25-22(23)24/h3-11H,12-13H2,1-2H3,(H4,23,24,25)/b14-3+. The summed E-state index contributed by atoms with van der Waals surface area (Å²) >= 11 is 0. The molecule has 0 spiro atoms. The molecular formula is C22H23N3O5. The molecule has 0 atom stereocenters. The van der Waals surface area contributed by atoms with Crippen LogP contribution < -0.4 is 16.2 Å². The van der Waals surface area contributed by atoms with Crippen molar-refractivity contribution < 1.29 is 23.9 Å². The second kappa shape index (κ2) is 10.6. The molecule has 8 heteroatoms. The van der Waals surface area contributed by atoms with Crippen LogP contribution in [0.2, 0.25) is 0 Å². The summed E-state index contributed by atoms with van der Waals surface area (Å²) < 4.78 is 10.3. The molecule has 0 bridgehead atoms. The van der Waals surface area contributed by atoms with Gasteiger partial charge in [-0.3, -0.25) is 9.59 Å². The molecule has 0 saturated heterocycles. The van der Waals surface area contributed by atoms with E-state index in [-0.39, 0.29) is 24.8 Å². The van der Waals surface area contributed by atoms with Gasteiger partial charge in [0.1, 0.15) is 5.75 Å². The number of esters is 2. The van der Waals surface area contributed by atoms with Gasteiger partial charge in [0.05, 0.1) is 17.7 Å². The topological polar surface area (TPSA) is 134 Å². The number of carbonyl (C=O) groups excluding carboxylic acids is 3. The van der Waals surface area contributed by atoms with Crippen molar-refractivity contribution in [1.82, 2.24) is 0 Å². The average molecular weight is 409 g/mol. The Morgan fingerprint density at radius 1 is 1.00 bits per heavy atom. The van der Waals surface area contributed by atoms with Gasteiger partial charge >= 0.3 is 11.9 Å². The number of benzene rings is 2. The van der Waals surface area contributed by atoms with Crippen LogP contribution in [0.15, 0.2) is 65.2 Å². The number of rotatable bonds is 8. The minimum atomic E-state index is -0.545. The molecule has 0 aliphatic rings. The summed E-state index contributed by atoms with van der Waals surface area (Å²) in [7, 11) is 0. The summed E-state index contributed by atoms with van der Waals surface area (Å²) in [4.78, 5) is 39.6. The Balaban J connectivity index is 1.89. The van der Waals surface area contributed by atoms with Gasteiger partial charge in [-0.15, -0.1) is 0 Å². The largest absolute Gasteiger partial charge is 0.457 e. The maximum atomic E-state index is 12.2. The van der Waals surface area contributed by atoms with Crippen molar-refractivity contribution in [1.29, 1.82) is 0 Å². The number of carbonyl (C=O) groups is 3. The van der Waals surface area contributed by atoms with Crippen LogP contribution in [-0.4, -0.2) is 30.3 Å². The molecule has 156 valence electrons. The lowest BCUT2D eigenvalue weighted by atomic mass is 10.1. The minimum Gasteiger partial charge on any atom is -0.457 e. The van der Waals surface area contributed by atoms with Crippen LogP contribution in [0.25, 0.3) is 0 Å². The zero-order chi connectivity index (χ0) is 22.1. The third kappa shape index (κ3) is 6.90. The van der Waals surface area contributed by atoms with Gasteiger partial charge in [-0.05, 0) is 61.4 Å². The molecule has 0 unspecified atom stereocenters. The first-order valence-corrected chi connectivity index (χ1v) is 9.11. The maximum Gasteiger partial charge on any atom is 0.343 e. The number of hydrogen-bond acceptors (Lipinski definition) is 6. The van der Waals surface area contributed by atoms with E-state index < -0.39 is 11.9 Å². The Labute approximate surface area is 174 Å². The van der Waals surface area contributed by atoms with Crippen LogP contribution in [0.3, 0.4) is 0 Å². The lowest BCUT2D eigenvalue weighted by Gasteiger charge is -2.07. The zero-order valence-electron chi connectivity index (χ0n) is 16.8. The van der Waals surface area contributed by atoms with E-state index in [9.17, 15) is 14.4 Å². The first-order chi connectivity index (χ1) is 14.3. The lowest BCUT2D eigenvalue weighted by molar-refractivity contribution is -0.146. The predicted octanol–water partition coefficient (Wildman–Crippen LogP) is 2.43. The molecule has 30 heavy (non-hydrogen) atoms. The number of Topliss-reactive ketones (excluding diaryl/α,β-unsaturated/α-hetero) is 1. The number of ether oxygens (including phenoxy) is 2. The van der Waals surface area contributed by atoms with Crippen LogP contribution in [0.5, 0.6) is 5.75 Å². The molecular weight excluding hydrogens is 386 g/mol. The summed E-state index contributed by atoms with van der Waals surface area (Å²) in [5.41, 5.74) is 12.7. The van der Waals surface area contributed by atoms with Crippen LogP contribution >= 0.6 is 0 Å². The van der Waals surface area contributed by atoms with Crippen molar-refractivity contribution in [2.24, 2.45) is 16.5 Å². The summed E-state index contributed by atoms with van der Waals surface area (Å²) in [5, 5.41) is 0. The number of guanidine groups is 1. The number of nitrogens with zero attached hydrogens (tertiary/aromatic N) is 1. The summed E-state index contributed by atoms with van der Waals surface area (Å²) in [6, 6.07) is 12.7. The maximum absolute atomic E-state index is 12.2. The number of nitrogens with two attached hydrogens (primary N) is 2. The van der Waals surface area contributed by atoms with Gasteiger partial charge in [-0.2, -0.15) is 0 Å². The fraction of sp³-hybridized carbons (Fsp3) is 0.182. The highest BCUT2D eigenvalue weighted by Gasteiger charge is 2.11. The highest BCUT2D eigenvalue weighted by molar-refractivity contribution is 5.96. The van der Waals surface area contributed by atoms with E-state index in [1.165, 1.54) is 0 Å². The molecule has 4 N–H and O–H groups in total. The van der Waals surface area contributed by atoms with Crippen molar-refractivity contribution in [2.45, 2.75) is 20.3 Å². The van der Waals surface area contributed by atoms with Gasteiger partial charge in [0.15, 0.2) is 18.3 Å². The monoisotopic (exact) mass is 409 g/mol. The van der Waals surface area contributed by atoms with Crippen LogP contribution in [-0.2, 0) is 20.7 Å². The Morgan fingerprint density at radius 2 is 1.63 bits per heavy atom. The van der Waals surface area contributed by atoms with Gasteiger partial charge in [-0.1, -0.05) is 18.2 Å². The van der Waals surface area contributed by atoms with E-state index in [1.807, 2.05) is 0 Å². The molecule has 0 radical (unpaired) electrons. The Kier molecular flexibility index (Phi) is 7.87. The fourth-order valence-electron chi connectivity index (χ4n) is 2.30. The van der Waals surface area contributed by atoms with Crippen molar-refractivity contribution in [2.75, 3.05) is 6.61 Å². The Bertz CT molecular complexity index is 973. The van der Waals surface area contributed by atoms with Gasteiger partial charge < -0.3 is 20.9 Å². The second-order valence-electron chi connectivity index (χ2n) is 6.35. The summed E-state index contributed by atoms with van der Waals surface area (Å²) in [6.45, 7) is 3.12. The normalized spacial score (nSPS) is 10.8. The molecule has 0 aliphatic heterocycles. The first-order valence-electron chi connectivity index (χ1n) is 9.11. The third-order valence-corrected chi connectivity index (χ3v) is 4.08.